The van der Waals surface area contributed by atoms with Gasteiger partial charge in [0.25, 0.3) is 0 Å². The molecule has 88 valence electrons. The maximum atomic E-state index is 11.8. The molecule has 0 aliphatic rings. The first-order chi connectivity index (χ1) is 7.63. The molecular weight excluding hydrogens is 198 g/mol. The average molecular weight is 219 g/mol. The van der Waals surface area contributed by atoms with Crippen LogP contribution in [0.25, 0.3) is 0 Å². The van der Waals surface area contributed by atoms with E-state index in [1.807, 2.05) is 31.2 Å². The van der Waals surface area contributed by atoms with Crippen LogP contribution < -0.4 is 5.73 Å². The van der Waals surface area contributed by atoms with Crippen molar-refractivity contribution in [1.82, 2.24) is 0 Å². The van der Waals surface area contributed by atoms with Crippen LogP contribution in [0, 0.1) is 0 Å². The highest BCUT2D eigenvalue weighted by Crippen LogP contribution is 2.10. The molecule has 16 heavy (non-hydrogen) atoms. The molecular formula is C14H21NO. The zero-order chi connectivity index (χ0) is 12.0. The van der Waals surface area contributed by atoms with Crippen LogP contribution in [0.4, 0.5) is 0 Å². The van der Waals surface area contributed by atoms with Crippen molar-refractivity contribution in [2.45, 2.75) is 45.6 Å². The van der Waals surface area contributed by atoms with E-state index in [2.05, 4.69) is 6.92 Å². The molecule has 0 aromatic heterocycles. The Morgan fingerprint density at radius 2 is 1.94 bits per heavy atom. The van der Waals surface area contributed by atoms with E-state index in [0.29, 0.717) is 6.42 Å². The quantitative estimate of drug-likeness (QED) is 0.747. The van der Waals surface area contributed by atoms with Crippen molar-refractivity contribution in [3.63, 3.8) is 0 Å². The van der Waals surface area contributed by atoms with Gasteiger partial charge < -0.3 is 5.73 Å². The maximum Gasteiger partial charge on any atom is 0.162 e. The zero-order valence-corrected chi connectivity index (χ0v) is 10.2. The second kappa shape index (κ2) is 6.44. The molecule has 1 atom stereocenters. The number of hydrogen-bond donors (Lipinski definition) is 1. The van der Waals surface area contributed by atoms with Crippen LogP contribution in [0.3, 0.4) is 0 Å². The van der Waals surface area contributed by atoms with Gasteiger partial charge in [-0.1, -0.05) is 31.2 Å². The van der Waals surface area contributed by atoms with Crippen molar-refractivity contribution >= 4 is 5.78 Å². The largest absolute Gasteiger partial charge is 0.328 e. The van der Waals surface area contributed by atoms with Crippen molar-refractivity contribution in [1.29, 1.82) is 0 Å². The summed E-state index contributed by atoms with van der Waals surface area (Å²) in [7, 11) is 0. The first-order valence-corrected chi connectivity index (χ1v) is 6.01. The van der Waals surface area contributed by atoms with Gasteiger partial charge in [-0.25, -0.2) is 0 Å². The van der Waals surface area contributed by atoms with Gasteiger partial charge in [-0.15, -0.1) is 0 Å². The molecule has 0 fully saturated rings. The molecule has 2 N–H and O–H groups in total. The highest BCUT2D eigenvalue weighted by Gasteiger charge is 2.05. The summed E-state index contributed by atoms with van der Waals surface area (Å²) in [6.45, 7) is 4.08. The van der Waals surface area contributed by atoms with Gasteiger partial charge in [0.1, 0.15) is 0 Å². The Morgan fingerprint density at radius 3 is 2.44 bits per heavy atom. The summed E-state index contributed by atoms with van der Waals surface area (Å²) in [6, 6.07) is 8.09. The number of rotatable bonds is 6. The molecule has 2 nitrogen and oxygen atoms in total. The van der Waals surface area contributed by atoms with Crippen LogP contribution in [0.5, 0.6) is 0 Å². The van der Waals surface area contributed by atoms with Gasteiger partial charge in [0.2, 0.25) is 0 Å². The fourth-order valence-corrected chi connectivity index (χ4v) is 1.66. The number of Topliss-reactive ketones (excluding diaryl/α,β-unsaturated/α-hetero) is 1. The Kier molecular flexibility index (Phi) is 5.20. The Hall–Kier alpha value is -1.15. The molecule has 0 amide bonds. The van der Waals surface area contributed by atoms with Gasteiger partial charge >= 0.3 is 0 Å². The van der Waals surface area contributed by atoms with Crippen LogP contribution in [0.1, 0.15) is 49.0 Å². The minimum atomic E-state index is 0.190. The van der Waals surface area contributed by atoms with Crippen LogP contribution in [0.2, 0.25) is 0 Å². The Morgan fingerprint density at radius 1 is 1.31 bits per heavy atom. The van der Waals surface area contributed by atoms with Crippen LogP contribution in [0.15, 0.2) is 24.3 Å². The second-order valence-electron chi connectivity index (χ2n) is 4.34. The molecule has 0 radical (unpaired) electrons. The lowest BCUT2D eigenvalue weighted by Crippen LogP contribution is -2.14. The maximum absolute atomic E-state index is 11.8. The Labute approximate surface area is 97.9 Å². The lowest BCUT2D eigenvalue weighted by atomic mass is 10.0. The van der Waals surface area contributed by atoms with Crippen molar-refractivity contribution in [3.05, 3.63) is 35.4 Å². The summed E-state index contributed by atoms with van der Waals surface area (Å²) >= 11 is 0. The van der Waals surface area contributed by atoms with E-state index in [-0.39, 0.29) is 11.8 Å². The van der Waals surface area contributed by atoms with Gasteiger partial charge in [0.05, 0.1) is 0 Å². The van der Waals surface area contributed by atoms with E-state index in [0.717, 1.165) is 24.8 Å². The zero-order valence-electron chi connectivity index (χ0n) is 10.2. The first-order valence-electron chi connectivity index (χ1n) is 6.01. The molecule has 0 saturated heterocycles. The van der Waals surface area contributed by atoms with Gasteiger partial charge in [-0.2, -0.15) is 0 Å². The van der Waals surface area contributed by atoms with Crippen molar-refractivity contribution < 1.29 is 4.79 Å². The second-order valence-corrected chi connectivity index (χ2v) is 4.34. The van der Waals surface area contributed by atoms with E-state index >= 15 is 0 Å². The fraction of sp³-hybridized carbons (Fsp3) is 0.500. The summed E-state index contributed by atoms with van der Waals surface area (Å²) < 4.78 is 0. The average Bonchev–Trinajstić information content (AvgIpc) is 2.28. The third kappa shape index (κ3) is 4.15. The molecule has 0 bridgehead atoms. The van der Waals surface area contributed by atoms with Gasteiger partial charge in [-0.3, -0.25) is 4.79 Å². The van der Waals surface area contributed by atoms with Crippen molar-refractivity contribution in [2.75, 3.05) is 0 Å². The molecule has 0 saturated carbocycles. The topological polar surface area (TPSA) is 43.1 Å². The normalized spacial score (nSPS) is 12.4. The number of hydrogen-bond acceptors (Lipinski definition) is 2. The summed E-state index contributed by atoms with van der Waals surface area (Å²) in [5, 5.41) is 0. The van der Waals surface area contributed by atoms with Crippen molar-refractivity contribution in [3.8, 4) is 0 Å². The standard InChI is InChI=1S/C14H21NO/c1-3-12-7-9-13(10-8-12)14(16)6-4-5-11(2)15/h7-11H,3-6,15H2,1-2H3. The molecule has 1 rings (SSSR count). The number of ketones is 1. The summed E-state index contributed by atoms with van der Waals surface area (Å²) in [5.74, 6) is 0.225. The molecule has 0 spiro atoms. The Balaban J connectivity index is 2.46. The monoisotopic (exact) mass is 219 g/mol. The van der Waals surface area contributed by atoms with E-state index in [9.17, 15) is 4.79 Å². The number of benzene rings is 1. The summed E-state index contributed by atoms with van der Waals surface area (Å²) in [5.41, 5.74) is 7.74. The van der Waals surface area contributed by atoms with E-state index in [1.54, 1.807) is 0 Å². The van der Waals surface area contributed by atoms with Crippen molar-refractivity contribution in [2.24, 2.45) is 5.73 Å². The van der Waals surface area contributed by atoms with Gasteiger partial charge in [0.15, 0.2) is 5.78 Å². The highest BCUT2D eigenvalue weighted by atomic mass is 16.1. The van der Waals surface area contributed by atoms with Crippen LogP contribution >= 0.6 is 0 Å². The van der Waals surface area contributed by atoms with Gasteiger partial charge in [0, 0.05) is 18.0 Å². The van der Waals surface area contributed by atoms with Gasteiger partial charge in [-0.05, 0) is 31.7 Å². The number of carbonyl (C=O) groups excluding carboxylic acids is 1. The number of nitrogens with two attached hydrogens (primary N) is 1. The van der Waals surface area contributed by atoms with Crippen LogP contribution in [-0.4, -0.2) is 11.8 Å². The summed E-state index contributed by atoms with van der Waals surface area (Å²) in [6.07, 6.45) is 3.41. The predicted octanol–water partition coefficient (Wildman–Crippen LogP) is 2.95. The van der Waals surface area contributed by atoms with E-state index < -0.39 is 0 Å². The molecule has 0 heterocycles. The molecule has 0 aliphatic carbocycles. The summed E-state index contributed by atoms with van der Waals surface area (Å²) in [4.78, 5) is 11.8. The minimum Gasteiger partial charge on any atom is -0.328 e. The Bertz CT molecular complexity index is 327. The fourth-order valence-electron chi connectivity index (χ4n) is 1.66. The third-order valence-electron chi connectivity index (χ3n) is 2.75. The molecule has 1 unspecified atom stereocenters. The lowest BCUT2D eigenvalue weighted by molar-refractivity contribution is 0.0979. The van der Waals surface area contributed by atoms with E-state index in [1.165, 1.54) is 5.56 Å². The molecule has 1 aromatic rings. The molecule has 1 aromatic carbocycles. The minimum absolute atomic E-state index is 0.190. The molecule has 0 aliphatic heterocycles. The molecule has 2 heteroatoms. The number of aryl methyl sites for hydroxylation is 1. The smallest absolute Gasteiger partial charge is 0.162 e. The van der Waals surface area contributed by atoms with Crippen LogP contribution in [-0.2, 0) is 6.42 Å². The first kappa shape index (κ1) is 12.9. The van der Waals surface area contributed by atoms with E-state index in [4.69, 9.17) is 5.73 Å². The predicted molar refractivity (Wildman–Crippen MR) is 67.7 cm³/mol. The lowest BCUT2D eigenvalue weighted by Gasteiger charge is -2.04. The highest BCUT2D eigenvalue weighted by molar-refractivity contribution is 5.96. The SMILES string of the molecule is CCc1ccc(C(=O)CCCC(C)N)cc1. The third-order valence-corrected chi connectivity index (χ3v) is 2.75. The number of carbonyl (C=O) groups is 1.